The molecule has 78 valence electrons. The summed E-state index contributed by atoms with van der Waals surface area (Å²) in [6.07, 6.45) is 1.80. The number of halogens is 1. The van der Waals surface area contributed by atoms with Crippen LogP contribution in [0.4, 0.5) is 0 Å². The molecule has 5 nitrogen and oxygen atoms in total. The van der Waals surface area contributed by atoms with Gasteiger partial charge in [-0.2, -0.15) is 4.98 Å². The molecule has 2 heterocycles. The minimum Gasteiger partial charge on any atom is -0.327 e. The van der Waals surface area contributed by atoms with Crippen molar-refractivity contribution in [2.24, 2.45) is 0 Å². The summed E-state index contributed by atoms with van der Waals surface area (Å²) in [4.78, 5) is 4.21. The number of sulfone groups is 1. The molecular formula is C7H9BrN2O3S. The average molecular weight is 281 g/mol. The van der Waals surface area contributed by atoms with Crippen LogP contribution in [0.1, 0.15) is 18.7 Å². The fraction of sp³-hybridized carbons (Fsp3) is 0.714. The maximum atomic E-state index is 11.5. The Hall–Kier alpha value is -0.430. The Balaban J connectivity index is 2.12. The van der Waals surface area contributed by atoms with E-state index in [0.717, 1.165) is 6.42 Å². The first-order chi connectivity index (χ1) is 6.58. The van der Waals surface area contributed by atoms with E-state index in [0.29, 0.717) is 23.5 Å². The SMILES string of the molecule is O=S1(=O)CCCC1Cc1noc(Br)n1. The molecule has 2 rings (SSSR count). The first-order valence-electron chi connectivity index (χ1n) is 4.27. The smallest absolute Gasteiger partial charge is 0.293 e. The number of aromatic nitrogens is 2. The molecule has 1 aromatic heterocycles. The lowest BCUT2D eigenvalue weighted by Gasteiger charge is -2.04. The van der Waals surface area contributed by atoms with Crippen molar-refractivity contribution in [1.29, 1.82) is 0 Å². The molecule has 1 aliphatic rings. The van der Waals surface area contributed by atoms with Crippen molar-refractivity contribution >= 4 is 25.8 Å². The van der Waals surface area contributed by atoms with Crippen LogP contribution in [0.25, 0.3) is 0 Å². The van der Waals surface area contributed by atoms with E-state index < -0.39 is 9.84 Å². The highest BCUT2D eigenvalue weighted by atomic mass is 79.9. The lowest BCUT2D eigenvalue weighted by atomic mass is 10.2. The lowest BCUT2D eigenvalue weighted by molar-refractivity contribution is 0.389. The van der Waals surface area contributed by atoms with Gasteiger partial charge >= 0.3 is 0 Å². The largest absolute Gasteiger partial charge is 0.327 e. The van der Waals surface area contributed by atoms with Crippen molar-refractivity contribution in [3.05, 3.63) is 10.6 Å². The van der Waals surface area contributed by atoms with Gasteiger partial charge in [0.25, 0.3) is 4.80 Å². The Kier molecular flexibility index (Phi) is 2.61. The quantitative estimate of drug-likeness (QED) is 0.807. The first kappa shape index (κ1) is 10.1. The van der Waals surface area contributed by atoms with E-state index in [2.05, 4.69) is 26.1 Å². The number of nitrogens with zero attached hydrogens (tertiary/aromatic N) is 2. The summed E-state index contributed by atoms with van der Waals surface area (Å²) in [5.41, 5.74) is 0. The molecule has 0 spiro atoms. The van der Waals surface area contributed by atoms with E-state index in [9.17, 15) is 8.42 Å². The van der Waals surface area contributed by atoms with Crippen LogP contribution in [0.3, 0.4) is 0 Å². The third-order valence-corrected chi connectivity index (χ3v) is 4.91. The molecule has 0 saturated carbocycles. The fourth-order valence-corrected chi connectivity index (χ4v) is 3.71. The molecular weight excluding hydrogens is 272 g/mol. The molecule has 1 aromatic rings. The fourth-order valence-electron chi connectivity index (χ4n) is 1.61. The molecule has 0 N–H and O–H groups in total. The van der Waals surface area contributed by atoms with E-state index in [1.807, 2.05) is 0 Å². The molecule has 0 bridgehead atoms. The van der Waals surface area contributed by atoms with Gasteiger partial charge in [-0.15, -0.1) is 0 Å². The van der Waals surface area contributed by atoms with E-state index >= 15 is 0 Å². The van der Waals surface area contributed by atoms with Crippen molar-refractivity contribution in [1.82, 2.24) is 10.1 Å². The van der Waals surface area contributed by atoms with Gasteiger partial charge < -0.3 is 4.52 Å². The van der Waals surface area contributed by atoms with E-state index in [-0.39, 0.29) is 11.0 Å². The maximum absolute atomic E-state index is 11.5. The highest BCUT2D eigenvalue weighted by molar-refractivity contribution is 9.10. The molecule has 14 heavy (non-hydrogen) atoms. The minimum atomic E-state index is -2.91. The van der Waals surface area contributed by atoms with Crippen molar-refractivity contribution in [3.63, 3.8) is 0 Å². The summed E-state index contributed by atoms with van der Waals surface area (Å²) in [7, 11) is -2.91. The third-order valence-electron chi connectivity index (χ3n) is 2.32. The van der Waals surface area contributed by atoms with Gasteiger partial charge in [0.15, 0.2) is 15.7 Å². The van der Waals surface area contributed by atoms with Crippen LogP contribution in [0.2, 0.25) is 0 Å². The van der Waals surface area contributed by atoms with Gasteiger partial charge in [0, 0.05) is 22.4 Å². The Labute approximate surface area is 89.9 Å². The Morgan fingerprint density at radius 1 is 1.57 bits per heavy atom. The second-order valence-corrected chi connectivity index (χ2v) is 6.38. The summed E-state index contributed by atoms with van der Waals surface area (Å²) >= 11 is 3.02. The molecule has 1 atom stereocenters. The minimum absolute atomic E-state index is 0.288. The predicted octanol–water partition coefficient (Wildman–Crippen LogP) is 0.952. The summed E-state index contributed by atoms with van der Waals surface area (Å²) < 4.78 is 27.7. The number of rotatable bonds is 2. The van der Waals surface area contributed by atoms with Gasteiger partial charge in [0.1, 0.15) is 0 Å². The van der Waals surface area contributed by atoms with Gasteiger partial charge in [-0.25, -0.2) is 8.42 Å². The van der Waals surface area contributed by atoms with Crippen LogP contribution in [-0.4, -0.2) is 29.6 Å². The number of hydrogen-bond donors (Lipinski definition) is 0. The van der Waals surface area contributed by atoms with E-state index in [1.54, 1.807) is 0 Å². The zero-order chi connectivity index (χ0) is 10.2. The molecule has 0 aromatic carbocycles. The molecule has 7 heteroatoms. The van der Waals surface area contributed by atoms with Crippen LogP contribution in [0.5, 0.6) is 0 Å². The first-order valence-corrected chi connectivity index (χ1v) is 6.78. The van der Waals surface area contributed by atoms with Crippen LogP contribution < -0.4 is 0 Å². The van der Waals surface area contributed by atoms with E-state index in [4.69, 9.17) is 4.52 Å². The monoisotopic (exact) mass is 280 g/mol. The highest BCUT2D eigenvalue weighted by Crippen LogP contribution is 2.23. The van der Waals surface area contributed by atoms with E-state index in [1.165, 1.54) is 0 Å². The average Bonchev–Trinajstić information content (AvgIpc) is 2.61. The van der Waals surface area contributed by atoms with Gasteiger partial charge in [0.05, 0.1) is 11.0 Å². The standard InChI is InChI=1S/C7H9BrN2O3S/c8-7-9-6(10-13-7)4-5-2-1-3-14(5,11)12/h5H,1-4H2. The topological polar surface area (TPSA) is 73.1 Å². The van der Waals surface area contributed by atoms with Crippen LogP contribution >= 0.6 is 15.9 Å². The van der Waals surface area contributed by atoms with Crippen LogP contribution in [0, 0.1) is 0 Å². The maximum Gasteiger partial charge on any atom is 0.293 e. The Morgan fingerprint density at radius 2 is 2.36 bits per heavy atom. The highest BCUT2D eigenvalue weighted by Gasteiger charge is 2.32. The van der Waals surface area contributed by atoms with Crippen LogP contribution in [-0.2, 0) is 16.3 Å². The van der Waals surface area contributed by atoms with Crippen molar-refractivity contribution in [3.8, 4) is 0 Å². The summed E-state index contributed by atoms with van der Waals surface area (Å²) in [5.74, 6) is 0.740. The lowest BCUT2D eigenvalue weighted by Crippen LogP contribution is -2.19. The van der Waals surface area contributed by atoms with Crippen molar-refractivity contribution < 1.29 is 12.9 Å². The Morgan fingerprint density at radius 3 is 2.86 bits per heavy atom. The van der Waals surface area contributed by atoms with Crippen molar-refractivity contribution in [2.45, 2.75) is 24.5 Å². The summed E-state index contributed by atoms with van der Waals surface area (Å²) in [6, 6.07) is 0. The van der Waals surface area contributed by atoms with Crippen molar-refractivity contribution in [2.75, 3.05) is 5.75 Å². The molecule has 1 unspecified atom stereocenters. The second kappa shape index (κ2) is 3.62. The summed E-state index contributed by atoms with van der Waals surface area (Å²) in [5, 5.41) is 3.32. The zero-order valence-corrected chi connectivity index (χ0v) is 9.71. The summed E-state index contributed by atoms with van der Waals surface area (Å²) in [6.45, 7) is 0. The molecule has 0 aliphatic carbocycles. The predicted molar refractivity (Wildman–Crippen MR) is 52.5 cm³/mol. The molecule has 1 saturated heterocycles. The van der Waals surface area contributed by atoms with Gasteiger partial charge in [-0.1, -0.05) is 5.16 Å². The van der Waals surface area contributed by atoms with Gasteiger partial charge in [0.2, 0.25) is 0 Å². The number of hydrogen-bond acceptors (Lipinski definition) is 5. The third kappa shape index (κ3) is 1.98. The Bertz CT molecular complexity index is 428. The normalized spacial score (nSPS) is 25.4. The van der Waals surface area contributed by atoms with Gasteiger partial charge in [-0.05, 0) is 12.8 Å². The molecule has 0 radical (unpaired) electrons. The van der Waals surface area contributed by atoms with Crippen LogP contribution in [0.15, 0.2) is 9.32 Å². The molecule has 1 fully saturated rings. The van der Waals surface area contributed by atoms with Gasteiger partial charge in [-0.3, -0.25) is 0 Å². The molecule has 0 amide bonds. The second-order valence-electron chi connectivity index (χ2n) is 3.30. The zero-order valence-electron chi connectivity index (χ0n) is 7.31. The molecule has 1 aliphatic heterocycles.